The highest BCUT2D eigenvalue weighted by molar-refractivity contribution is 5.79. The van der Waals surface area contributed by atoms with Gasteiger partial charge in [0.2, 0.25) is 5.91 Å². The van der Waals surface area contributed by atoms with Crippen molar-refractivity contribution in [2.45, 2.75) is 57.5 Å². The minimum Gasteiger partial charge on any atom is -0.393 e. The first-order valence-corrected chi connectivity index (χ1v) is 9.17. The van der Waals surface area contributed by atoms with Crippen LogP contribution >= 0.6 is 0 Å². The lowest BCUT2D eigenvalue weighted by Crippen LogP contribution is -2.45. The number of aliphatic hydroxyl groups is 1. The number of rotatable bonds is 3. The number of nitrogens with zero attached hydrogens (tertiary/aromatic N) is 1. The standard InChI is InChI=1S/C20H29NO2/c1-15(22)19-8-5-13-21(14-19)20(23)18-11-9-17(10-12-18)16-6-3-2-4-7-16/h2-4,6-7,15,17-19,22H,5,8-14H2,1H3. The molecular formula is C20H29NO2. The van der Waals surface area contributed by atoms with Gasteiger partial charge in [0.15, 0.2) is 0 Å². The monoisotopic (exact) mass is 315 g/mol. The summed E-state index contributed by atoms with van der Waals surface area (Å²) < 4.78 is 0. The lowest BCUT2D eigenvalue weighted by molar-refractivity contribution is -0.139. The van der Waals surface area contributed by atoms with Crippen LogP contribution < -0.4 is 0 Å². The van der Waals surface area contributed by atoms with Crippen molar-refractivity contribution in [1.82, 2.24) is 4.90 Å². The van der Waals surface area contributed by atoms with Gasteiger partial charge in [-0.3, -0.25) is 4.79 Å². The second-order valence-corrected chi connectivity index (χ2v) is 7.39. The smallest absolute Gasteiger partial charge is 0.225 e. The summed E-state index contributed by atoms with van der Waals surface area (Å²) >= 11 is 0. The van der Waals surface area contributed by atoms with Crippen LogP contribution in [0.15, 0.2) is 30.3 Å². The van der Waals surface area contributed by atoms with E-state index in [1.54, 1.807) is 0 Å². The van der Waals surface area contributed by atoms with Gasteiger partial charge in [0, 0.05) is 24.9 Å². The molecule has 23 heavy (non-hydrogen) atoms. The number of benzene rings is 1. The Balaban J connectivity index is 1.54. The van der Waals surface area contributed by atoms with Gasteiger partial charge in [0.05, 0.1) is 6.10 Å². The van der Waals surface area contributed by atoms with Crippen LogP contribution in [0.25, 0.3) is 0 Å². The van der Waals surface area contributed by atoms with E-state index in [0.29, 0.717) is 11.8 Å². The molecule has 2 unspecified atom stereocenters. The van der Waals surface area contributed by atoms with Crippen molar-refractivity contribution >= 4 is 5.91 Å². The number of hydrogen-bond donors (Lipinski definition) is 1. The minimum absolute atomic E-state index is 0.197. The average molecular weight is 315 g/mol. The number of carbonyl (C=O) groups excluding carboxylic acids is 1. The third-order valence-electron chi connectivity index (χ3n) is 5.80. The summed E-state index contributed by atoms with van der Waals surface area (Å²) in [5.41, 5.74) is 1.42. The van der Waals surface area contributed by atoms with Gasteiger partial charge in [0.25, 0.3) is 0 Å². The van der Waals surface area contributed by atoms with Crippen molar-refractivity contribution in [3.63, 3.8) is 0 Å². The summed E-state index contributed by atoms with van der Waals surface area (Å²) in [6.45, 7) is 3.47. The van der Waals surface area contributed by atoms with Crippen LogP contribution in [-0.4, -0.2) is 35.1 Å². The fourth-order valence-electron chi connectivity index (χ4n) is 4.26. The Bertz CT molecular complexity index is 506. The van der Waals surface area contributed by atoms with Gasteiger partial charge in [-0.1, -0.05) is 30.3 Å². The molecule has 1 saturated carbocycles. The maximum absolute atomic E-state index is 12.8. The summed E-state index contributed by atoms with van der Waals surface area (Å²) in [6, 6.07) is 10.7. The number of aliphatic hydroxyl groups excluding tert-OH is 1. The molecule has 3 rings (SSSR count). The van der Waals surface area contributed by atoms with E-state index < -0.39 is 0 Å². The summed E-state index contributed by atoms with van der Waals surface area (Å²) in [6.07, 6.45) is 6.02. The largest absolute Gasteiger partial charge is 0.393 e. The fraction of sp³-hybridized carbons (Fsp3) is 0.650. The zero-order chi connectivity index (χ0) is 16.2. The Kier molecular flexibility index (Phi) is 5.37. The van der Waals surface area contributed by atoms with Crippen molar-refractivity contribution in [1.29, 1.82) is 0 Å². The van der Waals surface area contributed by atoms with Gasteiger partial charge in [-0.2, -0.15) is 0 Å². The van der Waals surface area contributed by atoms with Crippen LogP contribution in [0.3, 0.4) is 0 Å². The molecule has 1 heterocycles. The van der Waals surface area contributed by atoms with E-state index in [4.69, 9.17) is 0 Å². The number of likely N-dealkylation sites (tertiary alicyclic amines) is 1. The van der Waals surface area contributed by atoms with Gasteiger partial charge in [0.1, 0.15) is 0 Å². The van der Waals surface area contributed by atoms with Crippen LogP contribution in [0, 0.1) is 11.8 Å². The van der Waals surface area contributed by atoms with E-state index in [2.05, 4.69) is 30.3 Å². The van der Waals surface area contributed by atoms with E-state index in [1.165, 1.54) is 5.56 Å². The third kappa shape index (κ3) is 3.95. The molecule has 1 aliphatic heterocycles. The lowest BCUT2D eigenvalue weighted by Gasteiger charge is -2.37. The zero-order valence-corrected chi connectivity index (χ0v) is 14.2. The summed E-state index contributed by atoms with van der Waals surface area (Å²) in [7, 11) is 0. The number of amides is 1. The molecule has 0 aromatic heterocycles. The molecule has 1 saturated heterocycles. The van der Waals surface area contributed by atoms with Crippen LogP contribution in [0.4, 0.5) is 0 Å². The highest BCUT2D eigenvalue weighted by Gasteiger charge is 2.33. The van der Waals surface area contributed by atoms with E-state index in [1.807, 2.05) is 11.8 Å². The quantitative estimate of drug-likeness (QED) is 0.926. The predicted octanol–water partition coefficient (Wildman–Crippen LogP) is 3.58. The average Bonchev–Trinajstić information content (AvgIpc) is 2.62. The molecule has 3 heteroatoms. The molecule has 2 atom stereocenters. The van der Waals surface area contributed by atoms with Gasteiger partial charge in [-0.05, 0) is 56.9 Å². The van der Waals surface area contributed by atoms with Crippen molar-refractivity contribution in [3.8, 4) is 0 Å². The third-order valence-corrected chi connectivity index (χ3v) is 5.80. The number of hydrogen-bond acceptors (Lipinski definition) is 2. The normalized spacial score (nSPS) is 30.0. The molecule has 0 bridgehead atoms. The maximum atomic E-state index is 12.8. The first kappa shape index (κ1) is 16.5. The molecule has 1 aromatic rings. The highest BCUT2D eigenvalue weighted by Crippen LogP contribution is 2.37. The number of carbonyl (C=O) groups is 1. The molecule has 2 fully saturated rings. The van der Waals surface area contributed by atoms with Crippen molar-refractivity contribution in [2.75, 3.05) is 13.1 Å². The summed E-state index contributed by atoms with van der Waals surface area (Å²) in [4.78, 5) is 14.8. The Morgan fingerprint density at radius 3 is 2.48 bits per heavy atom. The topological polar surface area (TPSA) is 40.5 Å². The second kappa shape index (κ2) is 7.48. The van der Waals surface area contributed by atoms with Crippen LogP contribution in [0.1, 0.15) is 56.9 Å². The summed E-state index contributed by atoms with van der Waals surface area (Å²) in [5.74, 6) is 1.41. The zero-order valence-electron chi connectivity index (χ0n) is 14.2. The van der Waals surface area contributed by atoms with Gasteiger partial charge >= 0.3 is 0 Å². The predicted molar refractivity (Wildman–Crippen MR) is 92.1 cm³/mol. The molecule has 1 aliphatic carbocycles. The molecular weight excluding hydrogens is 286 g/mol. The minimum atomic E-state index is -0.306. The SMILES string of the molecule is CC(O)C1CCCN(C(=O)C2CCC(c3ccccc3)CC2)C1. The molecule has 3 nitrogen and oxygen atoms in total. The van der Waals surface area contributed by atoms with Gasteiger partial charge < -0.3 is 10.0 Å². The molecule has 0 spiro atoms. The Morgan fingerprint density at radius 2 is 1.83 bits per heavy atom. The lowest BCUT2D eigenvalue weighted by atomic mass is 9.78. The van der Waals surface area contributed by atoms with Crippen LogP contribution in [-0.2, 0) is 4.79 Å². The Labute approximate surface area is 139 Å². The molecule has 1 amide bonds. The molecule has 2 aliphatic rings. The highest BCUT2D eigenvalue weighted by atomic mass is 16.3. The van der Waals surface area contributed by atoms with Crippen LogP contribution in [0.5, 0.6) is 0 Å². The second-order valence-electron chi connectivity index (χ2n) is 7.39. The maximum Gasteiger partial charge on any atom is 0.225 e. The van der Waals surface area contributed by atoms with Crippen molar-refractivity contribution in [3.05, 3.63) is 35.9 Å². The van der Waals surface area contributed by atoms with Crippen LogP contribution in [0.2, 0.25) is 0 Å². The summed E-state index contributed by atoms with van der Waals surface area (Å²) in [5, 5.41) is 9.81. The molecule has 1 N–H and O–H groups in total. The molecule has 126 valence electrons. The molecule has 0 radical (unpaired) electrons. The van der Waals surface area contributed by atoms with E-state index in [-0.39, 0.29) is 17.9 Å². The van der Waals surface area contributed by atoms with Crippen molar-refractivity contribution < 1.29 is 9.90 Å². The van der Waals surface area contributed by atoms with Crippen molar-refractivity contribution in [2.24, 2.45) is 11.8 Å². The number of piperidine rings is 1. The van der Waals surface area contributed by atoms with Gasteiger partial charge in [-0.25, -0.2) is 0 Å². The first-order valence-electron chi connectivity index (χ1n) is 9.17. The van der Waals surface area contributed by atoms with E-state index in [0.717, 1.165) is 51.6 Å². The fourth-order valence-corrected chi connectivity index (χ4v) is 4.26. The Morgan fingerprint density at radius 1 is 1.13 bits per heavy atom. The van der Waals surface area contributed by atoms with E-state index in [9.17, 15) is 9.90 Å². The van der Waals surface area contributed by atoms with E-state index >= 15 is 0 Å². The van der Waals surface area contributed by atoms with Gasteiger partial charge in [-0.15, -0.1) is 0 Å². The first-order chi connectivity index (χ1) is 11.1. The Hall–Kier alpha value is -1.35. The molecule has 1 aromatic carbocycles.